The van der Waals surface area contributed by atoms with Gasteiger partial charge in [-0.25, -0.2) is 0 Å². The molecule has 0 atom stereocenters. The maximum Gasteiger partial charge on any atom is 0.234 e. The Labute approximate surface area is 96.1 Å². The van der Waals surface area contributed by atoms with Crippen LogP contribution in [-0.4, -0.2) is 41.9 Å². The fourth-order valence-electron chi connectivity index (χ4n) is 1.11. The van der Waals surface area contributed by atoms with Crippen molar-refractivity contribution < 1.29 is 9.84 Å². The molecule has 5 nitrogen and oxygen atoms in total. The van der Waals surface area contributed by atoms with E-state index in [4.69, 9.17) is 9.84 Å². The van der Waals surface area contributed by atoms with E-state index in [-0.39, 0.29) is 6.61 Å². The first-order valence-electron chi connectivity index (χ1n) is 5.40. The molecule has 0 spiro atoms. The summed E-state index contributed by atoms with van der Waals surface area (Å²) < 4.78 is 5.47. The molecule has 1 rings (SSSR count). The van der Waals surface area contributed by atoms with Gasteiger partial charge in [-0.2, -0.15) is 4.98 Å². The lowest BCUT2D eigenvalue weighted by atomic mass is 10.2. The summed E-state index contributed by atoms with van der Waals surface area (Å²) in [6, 6.07) is 0. The highest BCUT2D eigenvalue weighted by atomic mass is 16.5. The third-order valence-electron chi connectivity index (χ3n) is 1.99. The molecular formula is C11H19N3O2. The van der Waals surface area contributed by atoms with Gasteiger partial charge in [0.05, 0.1) is 25.6 Å². The number of hydrogen-bond donors (Lipinski definition) is 1. The Kier molecular flexibility index (Phi) is 4.98. The zero-order chi connectivity index (χ0) is 12.0. The molecule has 1 N–H and O–H groups in total. The van der Waals surface area contributed by atoms with E-state index in [2.05, 4.69) is 23.8 Å². The Morgan fingerprint density at radius 2 is 2.19 bits per heavy atom. The summed E-state index contributed by atoms with van der Waals surface area (Å²) in [6.07, 6.45) is 3.25. The van der Waals surface area contributed by atoms with Crippen molar-refractivity contribution in [3.63, 3.8) is 0 Å². The SMILES string of the molecule is CC(C)COc1cncc(N(C)CCO)n1. The van der Waals surface area contributed by atoms with E-state index >= 15 is 0 Å². The van der Waals surface area contributed by atoms with Crippen LogP contribution in [0.1, 0.15) is 13.8 Å². The maximum absolute atomic E-state index is 8.82. The quantitative estimate of drug-likeness (QED) is 0.780. The molecule has 0 amide bonds. The van der Waals surface area contributed by atoms with Crippen LogP contribution in [0.2, 0.25) is 0 Å². The van der Waals surface area contributed by atoms with E-state index in [1.165, 1.54) is 0 Å². The second-order valence-corrected chi connectivity index (χ2v) is 4.07. The van der Waals surface area contributed by atoms with Crippen LogP contribution < -0.4 is 9.64 Å². The van der Waals surface area contributed by atoms with Crippen molar-refractivity contribution >= 4 is 5.82 Å². The van der Waals surface area contributed by atoms with Gasteiger partial charge in [-0.1, -0.05) is 13.8 Å². The summed E-state index contributed by atoms with van der Waals surface area (Å²) in [6.45, 7) is 5.41. The van der Waals surface area contributed by atoms with Crippen molar-refractivity contribution in [3.8, 4) is 5.88 Å². The Morgan fingerprint density at radius 1 is 1.44 bits per heavy atom. The predicted octanol–water partition coefficient (Wildman–Crippen LogP) is 0.940. The molecule has 0 radical (unpaired) electrons. The second kappa shape index (κ2) is 6.27. The largest absolute Gasteiger partial charge is 0.476 e. The summed E-state index contributed by atoms with van der Waals surface area (Å²) in [5.74, 6) is 1.69. The number of rotatable bonds is 6. The third kappa shape index (κ3) is 4.02. The number of hydrogen-bond acceptors (Lipinski definition) is 5. The summed E-state index contributed by atoms with van der Waals surface area (Å²) >= 11 is 0. The van der Waals surface area contributed by atoms with Gasteiger partial charge in [-0.15, -0.1) is 0 Å². The van der Waals surface area contributed by atoms with Crippen LogP contribution in [0.4, 0.5) is 5.82 Å². The van der Waals surface area contributed by atoms with Crippen LogP contribution in [0.25, 0.3) is 0 Å². The van der Waals surface area contributed by atoms with Crippen LogP contribution in [-0.2, 0) is 0 Å². The topological polar surface area (TPSA) is 58.5 Å². The number of aliphatic hydroxyl groups excluding tert-OH is 1. The lowest BCUT2D eigenvalue weighted by molar-refractivity contribution is 0.260. The molecule has 0 saturated carbocycles. The van der Waals surface area contributed by atoms with Crippen LogP contribution in [0.5, 0.6) is 5.88 Å². The highest BCUT2D eigenvalue weighted by Gasteiger charge is 2.05. The average molecular weight is 225 g/mol. The molecule has 90 valence electrons. The minimum absolute atomic E-state index is 0.0925. The van der Waals surface area contributed by atoms with Crippen molar-refractivity contribution in [1.29, 1.82) is 0 Å². The molecule has 1 aromatic heterocycles. The summed E-state index contributed by atoms with van der Waals surface area (Å²) in [7, 11) is 1.85. The molecule has 0 aliphatic rings. The monoisotopic (exact) mass is 225 g/mol. The molecular weight excluding hydrogens is 206 g/mol. The summed E-state index contributed by atoms with van der Waals surface area (Å²) in [5, 5.41) is 8.82. The van der Waals surface area contributed by atoms with Crippen LogP contribution in [0.15, 0.2) is 12.4 Å². The van der Waals surface area contributed by atoms with Crippen molar-refractivity contribution in [2.24, 2.45) is 5.92 Å². The minimum Gasteiger partial charge on any atom is -0.476 e. The van der Waals surface area contributed by atoms with Gasteiger partial charge in [-0.05, 0) is 5.92 Å². The molecule has 0 aliphatic carbocycles. The van der Waals surface area contributed by atoms with E-state index < -0.39 is 0 Å². The molecule has 0 bridgehead atoms. The Bertz CT molecular complexity index is 318. The van der Waals surface area contributed by atoms with E-state index in [0.29, 0.717) is 30.8 Å². The Balaban J connectivity index is 2.63. The highest BCUT2D eigenvalue weighted by Crippen LogP contribution is 2.12. The third-order valence-corrected chi connectivity index (χ3v) is 1.99. The average Bonchev–Trinajstić information content (AvgIpc) is 2.27. The maximum atomic E-state index is 8.82. The van der Waals surface area contributed by atoms with Crippen molar-refractivity contribution in [1.82, 2.24) is 9.97 Å². The van der Waals surface area contributed by atoms with E-state index in [0.717, 1.165) is 0 Å². The summed E-state index contributed by atoms with van der Waals surface area (Å²) in [5.41, 5.74) is 0. The van der Waals surface area contributed by atoms with Gasteiger partial charge in [0, 0.05) is 13.6 Å². The van der Waals surface area contributed by atoms with Gasteiger partial charge < -0.3 is 14.7 Å². The van der Waals surface area contributed by atoms with Crippen molar-refractivity contribution in [2.75, 3.05) is 31.7 Å². The number of aromatic nitrogens is 2. The molecule has 16 heavy (non-hydrogen) atoms. The van der Waals surface area contributed by atoms with Crippen molar-refractivity contribution in [3.05, 3.63) is 12.4 Å². The van der Waals surface area contributed by atoms with Crippen LogP contribution in [0.3, 0.4) is 0 Å². The molecule has 1 heterocycles. The number of ether oxygens (including phenoxy) is 1. The Morgan fingerprint density at radius 3 is 2.81 bits per heavy atom. The van der Waals surface area contributed by atoms with Gasteiger partial charge in [-0.3, -0.25) is 4.98 Å². The predicted molar refractivity (Wildman–Crippen MR) is 62.7 cm³/mol. The zero-order valence-electron chi connectivity index (χ0n) is 10.1. The lowest BCUT2D eigenvalue weighted by Crippen LogP contribution is -2.22. The lowest BCUT2D eigenvalue weighted by Gasteiger charge is -2.16. The number of nitrogens with zero attached hydrogens (tertiary/aromatic N) is 3. The van der Waals surface area contributed by atoms with E-state index in [9.17, 15) is 0 Å². The van der Waals surface area contributed by atoms with Gasteiger partial charge in [0.2, 0.25) is 5.88 Å². The normalized spacial score (nSPS) is 10.6. The number of likely N-dealkylation sites (N-methyl/N-ethyl adjacent to an activating group) is 1. The number of aliphatic hydroxyl groups is 1. The molecule has 0 aliphatic heterocycles. The van der Waals surface area contributed by atoms with Crippen molar-refractivity contribution in [2.45, 2.75) is 13.8 Å². The van der Waals surface area contributed by atoms with Gasteiger partial charge >= 0.3 is 0 Å². The first-order valence-corrected chi connectivity index (χ1v) is 5.40. The number of anilines is 1. The van der Waals surface area contributed by atoms with Gasteiger partial charge in [0.1, 0.15) is 0 Å². The van der Waals surface area contributed by atoms with E-state index in [1.54, 1.807) is 12.4 Å². The van der Waals surface area contributed by atoms with Gasteiger partial charge in [0.15, 0.2) is 5.82 Å². The zero-order valence-corrected chi connectivity index (χ0v) is 10.1. The first kappa shape index (κ1) is 12.7. The molecule has 0 fully saturated rings. The minimum atomic E-state index is 0.0925. The van der Waals surface area contributed by atoms with Crippen LogP contribution >= 0.6 is 0 Å². The molecule has 0 aromatic carbocycles. The molecule has 0 saturated heterocycles. The Hall–Kier alpha value is -1.36. The second-order valence-electron chi connectivity index (χ2n) is 4.07. The molecule has 1 aromatic rings. The fourth-order valence-corrected chi connectivity index (χ4v) is 1.11. The van der Waals surface area contributed by atoms with E-state index in [1.807, 2.05) is 11.9 Å². The summed E-state index contributed by atoms with van der Waals surface area (Å²) in [4.78, 5) is 10.2. The smallest absolute Gasteiger partial charge is 0.234 e. The van der Waals surface area contributed by atoms with Gasteiger partial charge in [0.25, 0.3) is 0 Å². The molecule has 5 heteroatoms. The van der Waals surface area contributed by atoms with Crippen LogP contribution in [0, 0.1) is 5.92 Å². The fraction of sp³-hybridized carbons (Fsp3) is 0.636. The first-order chi connectivity index (χ1) is 7.63. The molecule has 0 unspecified atom stereocenters. The standard InChI is InChI=1S/C11H19N3O2/c1-9(2)8-16-11-7-12-6-10(13-11)14(3)4-5-15/h6-7,9,15H,4-5,8H2,1-3H3. The highest BCUT2D eigenvalue weighted by molar-refractivity contribution is 5.36.